The van der Waals surface area contributed by atoms with Crippen molar-refractivity contribution in [1.82, 2.24) is 4.98 Å². The Balaban J connectivity index is 2.10. The van der Waals surface area contributed by atoms with Gasteiger partial charge in [-0.15, -0.1) is 0 Å². The minimum Gasteiger partial charge on any atom is -0.476 e. The first-order valence-electron chi connectivity index (χ1n) is 5.33. The first kappa shape index (κ1) is 10.6. The van der Waals surface area contributed by atoms with Crippen LogP contribution in [0.15, 0.2) is 39.4 Å². The first-order chi connectivity index (χ1) is 8.63. The molecule has 5 heteroatoms. The summed E-state index contributed by atoms with van der Waals surface area (Å²) in [5, 5.41) is 9.70. The molecule has 1 aromatic carbocycles. The van der Waals surface area contributed by atoms with E-state index < -0.39 is 5.97 Å². The van der Waals surface area contributed by atoms with Gasteiger partial charge in [0, 0.05) is 5.39 Å². The molecule has 0 fully saturated rings. The molecule has 0 amide bonds. The minimum atomic E-state index is -1.13. The molecule has 0 spiro atoms. The fraction of sp³-hybridized carbons (Fsp3) is 0.0769. The molecule has 0 saturated carbocycles. The molecule has 0 aliphatic rings. The van der Waals surface area contributed by atoms with Gasteiger partial charge in [0.15, 0.2) is 11.5 Å². The highest BCUT2D eigenvalue weighted by Gasteiger charge is 2.15. The maximum Gasteiger partial charge on any atom is 0.357 e. The Kier molecular flexibility index (Phi) is 2.19. The van der Waals surface area contributed by atoms with Gasteiger partial charge in [-0.1, -0.05) is 11.6 Å². The van der Waals surface area contributed by atoms with Gasteiger partial charge in [0.05, 0.1) is 0 Å². The van der Waals surface area contributed by atoms with Crippen molar-refractivity contribution in [3.63, 3.8) is 0 Å². The molecule has 0 bridgehead atoms. The fourth-order valence-electron chi connectivity index (χ4n) is 1.75. The smallest absolute Gasteiger partial charge is 0.357 e. The fourth-order valence-corrected chi connectivity index (χ4v) is 1.75. The zero-order chi connectivity index (χ0) is 12.7. The lowest BCUT2D eigenvalue weighted by Gasteiger charge is -1.89. The molecule has 2 aromatic heterocycles. The molecule has 0 saturated heterocycles. The van der Waals surface area contributed by atoms with Crippen molar-refractivity contribution in [3.8, 4) is 11.7 Å². The van der Waals surface area contributed by atoms with Crippen LogP contribution in [0.25, 0.3) is 22.6 Å². The normalized spacial score (nSPS) is 10.9. The minimum absolute atomic E-state index is 0.137. The molecule has 0 radical (unpaired) electrons. The molecule has 3 aromatic rings. The van der Waals surface area contributed by atoms with Crippen molar-refractivity contribution in [3.05, 3.63) is 41.8 Å². The number of carbonyl (C=O) groups is 1. The summed E-state index contributed by atoms with van der Waals surface area (Å²) in [6, 6.07) is 7.55. The number of benzene rings is 1. The van der Waals surface area contributed by atoms with Crippen LogP contribution in [0.2, 0.25) is 0 Å². The predicted molar refractivity (Wildman–Crippen MR) is 63.4 cm³/mol. The number of hydrogen-bond acceptors (Lipinski definition) is 4. The molecule has 0 aliphatic carbocycles. The van der Waals surface area contributed by atoms with Crippen LogP contribution in [0.1, 0.15) is 16.1 Å². The van der Waals surface area contributed by atoms with E-state index in [1.165, 1.54) is 0 Å². The lowest BCUT2D eigenvalue weighted by atomic mass is 10.2. The Morgan fingerprint density at radius 2 is 2.17 bits per heavy atom. The molecule has 90 valence electrons. The summed E-state index contributed by atoms with van der Waals surface area (Å²) in [5.74, 6) is -0.540. The quantitative estimate of drug-likeness (QED) is 0.748. The summed E-state index contributed by atoms with van der Waals surface area (Å²) in [6.45, 7) is 1.99. The maximum absolute atomic E-state index is 10.7. The SMILES string of the molecule is Cc1ccc2oc(-c3nc(C(=O)O)co3)cc2c1. The number of aromatic carboxylic acids is 1. The van der Waals surface area contributed by atoms with Gasteiger partial charge >= 0.3 is 5.97 Å². The number of nitrogens with zero attached hydrogens (tertiary/aromatic N) is 1. The van der Waals surface area contributed by atoms with E-state index in [0.717, 1.165) is 17.2 Å². The van der Waals surface area contributed by atoms with Crippen LogP contribution in [0, 0.1) is 6.92 Å². The van der Waals surface area contributed by atoms with Gasteiger partial charge in [0.1, 0.15) is 11.8 Å². The third-order valence-corrected chi connectivity index (χ3v) is 2.61. The Morgan fingerprint density at radius 3 is 2.89 bits per heavy atom. The Labute approximate surface area is 102 Å². The van der Waals surface area contributed by atoms with Gasteiger partial charge in [-0.3, -0.25) is 0 Å². The number of aryl methyl sites for hydroxylation is 1. The second-order valence-corrected chi connectivity index (χ2v) is 3.99. The van der Waals surface area contributed by atoms with Crippen molar-refractivity contribution in [2.45, 2.75) is 6.92 Å². The number of hydrogen-bond donors (Lipinski definition) is 1. The van der Waals surface area contributed by atoms with E-state index >= 15 is 0 Å². The third kappa shape index (κ3) is 1.66. The summed E-state index contributed by atoms with van der Waals surface area (Å²) >= 11 is 0. The summed E-state index contributed by atoms with van der Waals surface area (Å²) in [4.78, 5) is 14.5. The van der Waals surface area contributed by atoms with E-state index in [4.69, 9.17) is 13.9 Å². The van der Waals surface area contributed by atoms with Crippen LogP contribution < -0.4 is 0 Å². The zero-order valence-electron chi connectivity index (χ0n) is 9.51. The van der Waals surface area contributed by atoms with Crippen LogP contribution in [-0.2, 0) is 0 Å². The van der Waals surface area contributed by atoms with Gasteiger partial charge in [-0.2, -0.15) is 4.98 Å². The van der Waals surface area contributed by atoms with E-state index in [0.29, 0.717) is 11.3 Å². The third-order valence-electron chi connectivity index (χ3n) is 2.61. The Hall–Kier alpha value is -2.56. The van der Waals surface area contributed by atoms with E-state index in [1.54, 1.807) is 6.07 Å². The lowest BCUT2D eigenvalue weighted by Crippen LogP contribution is -1.95. The molecule has 3 rings (SSSR count). The molecule has 5 nitrogen and oxygen atoms in total. The summed E-state index contributed by atoms with van der Waals surface area (Å²) in [7, 11) is 0. The van der Waals surface area contributed by atoms with Crippen molar-refractivity contribution in [1.29, 1.82) is 0 Å². The summed E-state index contributed by atoms with van der Waals surface area (Å²) in [6.07, 6.45) is 1.09. The van der Waals surface area contributed by atoms with Crippen molar-refractivity contribution in [2.24, 2.45) is 0 Å². The van der Waals surface area contributed by atoms with Gasteiger partial charge in [-0.25, -0.2) is 4.79 Å². The van der Waals surface area contributed by atoms with Crippen LogP contribution in [-0.4, -0.2) is 16.1 Å². The van der Waals surface area contributed by atoms with Gasteiger partial charge in [0.25, 0.3) is 5.89 Å². The molecule has 0 unspecified atom stereocenters. The van der Waals surface area contributed by atoms with Crippen molar-refractivity contribution in [2.75, 3.05) is 0 Å². The maximum atomic E-state index is 10.7. The number of fused-ring (bicyclic) bond motifs is 1. The lowest BCUT2D eigenvalue weighted by molar-refractivity contribution is 0.0690. The van der Waals surface area contributed by atoms with Crippen molar-refractivity contribution >= 4 is 16.9 Å². The van der Waals surface area contributed by atoms with Gasteiger partial charge < -0.3 is 13.9 Å². The van der Waals surface area contributed by atoms with Gasteiger partial charge in [0.2, 0.25) is 0 Å². The van der Waals surface area contributed by atoms with Crippen molar-refractivity contribution < 1.29 is 18.7 Å². The number of carboxylic acid groups (broad SMARTS) is 1. The van der Waals surface area contributed by atoms with E-state index in [1.807, 2.05) is 25.1 Å². The molecule has 0 atom stereocenters. The molecule has 1 N–H and O–H groups in total. The predicted octanol–water partition coefficient (Wildman–Crippen LogP) is 3.09. The van der Waals surface area contributed by atoms with E-state index in [9.17, 15) is 4.79 Å². The van der Waals surface area contributed by atoms with E-state index in [2.05, 4.69) is 4.98 Å². The topological polar surface area (TPSA) is 76.5 Å². The Morgan fingerprint density at radius 1 is 1.33 bits per heavy atom. The summed E-state index contributed by atoms with van der Waals surface area (Å²) in [5.41, 5.74) is 1.70. The highest BCUT2D eigenvalue weighted by Crippen LogP contribution is 2.27. The monoisotopic (exact) mass is 243 g/mol. The van der Waals surface area contributed by atoms with Crippen LogP contribution in [0.5, 0.6) is 0 Å². The Bertz CT molecular complexity index is 738. The summed E-state index contributed by atoms with van der Waals surface area (Å²) < 4.78 is 10.6. The number of oxazole rings is 1. The molecule has 18 heavy (non-hydrogen) atoms. The number of carboxylic acids is 1. The average molecular weight is 243 g/mol. The second kappa shape index (κ2) is 3.73. The van der Waals surface area contributed by atoms with Crippen LogP contribution in [0.4, 0.5) is 0 Å². The molecular weight excluding hydrogens is 234 g/mol. The first-order valence-corrected chi connectivity index (χ1v) is 5.33. The number of furan rings is 1. The highest BCUT2D eigenvalue weighted by molar-refractivity contribution is 5.86. The zero-order valence-corrected chi connectivity index (χ0v) is 9.51. The molecular formula is C13H9NO4. The molecule has 0 aliphatic heterocycles. The number of rotatable bonds is 2. The van der Waals surface area contributed by atoms with Crippen LogP contribution in [0.3, 0.4) is 0 Å². The second-order valence-electron chi connectivity index (χ2n) is 3.99. The highest BCUT2D eigenvalue weighted by atomic mass is 16.4. The number of aromatic nitrogens is 1. The van der Waals surface area contributed by atoms with Crippen LogP contribution >= 0.6 is 0 Å². The molecule has 2 heterocycles. The van der Waals surface area contributed by atoms with Gasteiger partial charge in [-0.05, 0) is 25.1 Å². The average Bonchev–Trinajstić information content (AvgIpc) is 2.93. The van der Waals surface area contributed by atoms with E-state index in [-0.39, 0.29) is 11.6 Å². The largest absolute Gasteiger partial charge is 0.476 e. The standard InChI is InChI=1S/C13H9NO4/c1-7-2-3-10-8(4-7)5-11(18-10)12-14-9(6-17-12)13(15)16/h2-6H,1H3,(H,15,16).